The van der Waals surface area contributed by atoms with Gasteiger partial charge in [0.25, 0.3) is 0 Å². The third-order valence-corrected chi connectivity index (χ3v) is 3.59. The predicted molar refractivity (Wildman–Crippen MR) is 45.3 cm³/mol. The third kappa shape index (κ3) is 1.88. The van der Waals surface area contributed by atoms with E-state index in [2.05, 4.69) is 0 Å². The Morgan fingerprint density at radius 3 is 2.64 bits per heavy atom. The van der Waals surface area contributed by atoms with E-state index in [1.807, 2.05) is 0 Å². The third-order valence-electron chi connectivity index (χ3n) is 1.49. The molecule has 1 rings (SSSR count). The summed E-state index contributed by atoms with van der Waals surface area (Å²) in [6, 6.07) is 5.05. The average molecular weight is 215 g/mol. The molecule has 0 aliphatic heterocycles. The first-order valence-electron chi connectivity index (χ1n) is 3.20. The van der Waals surface area contributed by atoms with Gasteiger partial charge in [-0.05, 0) is 0 Å². The van der Waals surface area contributed by atoms with E-state index in [0.717, 1.165) is 5.56 Å². The van der Waals surface area contributed by atoms with Gasteiger partial charge >= 0.3 is 69.2 Å². The van der Waals surface area contributed by atoms with E-state index in [-0.39, 0.29) is 0 Å². The van der Waals surface area contributed by atoms with Gasteiger partial charge in [0.1, 0.15) is 0 Å². The van der Waals surface area contributed by atoms with Crippen molar-refractivity contribution in [1.82, 2.24) is 0 Å². The van der Waals surface area contributed by atoms with Crippen LogP contribution in [0.4, 0.5) is 5.69 Å². The summed E-state index contributed by atoms with van der Waals surface area (Å²) in [5.41, 5.74) is 6.82. The molecule has 1 unspecified atom stereocenters. The van der Waals surface area contributed by atoms with Gasteiger partial charge in [-0.1, -0.05) is 0 Å². The number of nitrogens with two attached hydrogens (primary N) is 1. The zero-order valence-corrected chi connectivity index (χ0v) is 8.26. The summed E-state index contributed by atoms with van der Waals surface area (Å²) in [4.78, 5) is 0. The average Bonchev–Trinajstić information content (AvgIpc) is 1.94. The summed E-state index contributed by atoms with van der Waals surface area (Å²) in [5.74, 6) is 0. The summed E-state index contributed by atoms with van der Waals surface area (Å²) in [7, 11) is 0. The van der Waals surface area contributed by atoms with Gasteiger partial charge in [-0.15, -0.1) is 0 Å². The maximum absolute atomic E-state index is 10.8. The molecule has 0 aliphatic carbocycles. The van der Waals surface area contributed by atoms with E-state index >= 15 is 0 Å². The van der Waals surface area contributed by atoms with Crippen molar-refractivity contribution in [3.05, 3.63) is 23.8 Å². The molecule has 11 heavy (non-hydrogen) atoms. The Kier molecular flexibility index (Phi) is 2.42. The van der Waals surface area contributed by atoms with Crippen LogP contribution in [0.5, 0.6) is 0 Å². The molecule has 3 N–H and O–H groups in total. The van der Waals surface area contributed by atoms with Crippen LogP contribution in [0.25, 0.3) is 0 Å². The Morgan fingerprint density at radius 2 is 2.18 bits per heavy atom. The fourth-order valence-electron chi connectivity index (χ4n) is 0.870. The van der Waals surface area contributed by atoms with E-state index < -0.39 is 14.9 Å². The van der Waals surface area contributed by atoms with Crippen molar-refractivity contribution >= 4 is 25.0 Å². The SMILES string of the molecule is Cc1ccc(N)cc1[AsH](=O)O. The number of hydrogen-bond donors (Lipinski definition) is 2. The van der Waals surface area contributed by atoms with Gasteiger partial charge in [0.2, 0.25) is 0 Å². The van der Waals surface area contributed by atoms with Gasteiger partial charge < -0.3 is 0 Å². The molecule has 0 saturated heterocycles. The van der Waals surface area contributed by atoms with Crippen LogP contribution in [0.1, 0.15) is 5.56 Å². The molecule has 0 aromatic heterocycles. The predicted octanol–water partition coefficient (Wildman–Crippen LogP) is -0.572. The molecule has 0 heterocycles. The molecular weight excluding hydrogens is 205 g/mol. The van der Waals surface area contributed by atoms with Crippen molar-refractivity contribution in [2.75, 3.05) is 5.73 Å². The molecule has 1 atom stereocenters. The Labute approximate surface area is 69.7 Å². The second kappa shape index (κ2) is 3.16. The molecular formula is C7H10AsNO2. The zero-order valence-electron chi connectivity index (χ0n) is 6.16. The molecule has 4 heteroatoms. The Balaban J connectivity index is 3.23. The molecule has 0 amide bonds. The van der Waals surface area contributed by atoms with Crippen molar-refractivity contribution in [2.45, 2.75) is 6.92 Å². The molecule has 1 aromatic rings. The summed E-state index contributed by atoms with van der Waals surface area (Å²) in [6.07, 6.45) is 0. The van der Waals surface area contributed by atoms with Crippen molar-refractivity contribution in [3.8, 4) is 0 Å². The first-order valence-corrected chi connectivity index (χ1v) is 6.05. The fraction of sp³-hybridized carbons (Fsp3) is 0.143. The summed E-state index contributed by atoms with van der Waals surface area (Å²) in [6.45, 7) is 1.80. The van der Waals surface area contributed by atoms with E-state index in [1.54, 1.807) is 25.1 Å². The van der Waals surface area contributed by atoms with Crippen LogP contribution in [-0.4, -0.2) is 19.0 Å². The Bertz CT molecular complexity index is 298. The summed E-state index contributed by atoms with van der Waals surface area (Å²) < 4.78 is 20.2. The van der Waals surface area contributed by atoms with E-state index in [1.165, 1.54) is 0 Å². The van der Waals surface area contributed by atoms with Crippen molar-refractivity contribution in [1.29, 1.82) is 0 Å². The van der Waals surface area contributed by atoms with Crippen molar-refractivity contribution < 1.29 is 7.84 Å². The van der Waals surface area contributed by atoms with Crippen molar-refractivity contribution in [3.63, 3.8) is 0 Å². The van der Waals surface area contributed by atoms with Gasteiger partial charge in [-0.2, -0.15) is 0 Å². The normalized spacial score (nSPS) is 12.9. The van der Waals surface area contributed by atoms with Gasteiger partial charge in [0, 0.05) is 0 Å². The van der Waals surface area contributed by atoms with E-state index in [0.29, 0.717) is 10.0 Å². The minimum atomic E-state index is -3.18. The van der Waals surface area contributed by atoms with Gasteiger partial charge in [-0.25, -0.2) is 0 Å². The van der Waals surface area contributed by atoms with Gasteiger partial charge in [0.05, 0.1) is 0 Å². The van der Waals surface area contributed by atoms with Gasteiger partial charge in [0.15, 0.2) is 0 Å². The number of benzene rings is 1. The maximum atomic E-state index is 10.8. The Hall–Kier alpha value is -0.662. The topological polar surface area (TPSA) is 63.3 Å². The number of hydrogen-bond acceptors (Lipinski definition) is 2. The molecule has 3 nitrogen and oxygen atoms in total. The van der Waals surface area contributed by atoms with Crippen LogP contribution in [0.15, 0.2) is 18.2 Å². The molecule has 0 spiro atoms. The fourth-order valence-corrected chi connectivity index (χ4v) is 2.36. The van der Waals surface area contributed by atoms with Crippen LogP contribution >= 0.6 is 0 Å². The van der Waals surface area contributed by atoms with Crippen LogP contribution < -0.4 is 10.1 Å². The van der Waals surface area contributed by atoms with Gasteiger partial charge in [-0.3, -0.25) is 0 Å². The molecule has 0 aliphatic rings. The minimum absolute atomic E-state index is 0.519. The molecule has 0 saturated carbocycles. The molecule has 0 fully saturated rings. The standard InChI is InChI=1S/C7H10AsNO2/c1-5-2-3-6(9)4-7(5)8(10)11/h2-4,8H,9H2,1H3,(H,10,11). The number of anilines is 1. The second-order valence-corrected chi connectivity index (χ2v) is 4.79. The molecule has 60 valence electrons. The van der Waals surface area contributed by atoms with Crippen molar-refractivity contribution in [2.24, 2.45) is 0 Å². The zero-order chi connectivity index (χ0) is 8.43. The number of rotatable bonds is 1. The van der Waals surface area contributed by atoms with Crippen LogP contribution in [0, 0.1) is 6.92 Å². The molecule has 0 radical (unpaired) electrons. The van der Waals surface area contributed by atoms with Crippen LogP contribution in [-0.2, 0) is 3.74 Å². The quantitative estimate of drug-likeness (QED) is 0.487. The second-order valence-electron chi connectivity index (χ2n) is 2.38. The monoisotopic (exact) mass is 215 g/mol. The first-order chi connectivity index (χ1) is 5.11. The van der Waals surface area contributed by atoms with E-state index in [9.17, 15) is 3.74 Å². The Morgan fingerprint density at radius 1 is 1.55 bits per heavy atom. The number of aryl methyl sites for hydroxylation is 1. The van der Waals surface area contributed by atoms with Crippen LogP contribution in [0.3, 0.4) is 0 Å². The van der Waals surface area contributed by atoms with Crippen LogP contribution in [0.2, 0.25) is 0 Å². The summed E-state index contributed by atoms with van der Waals surface area (Å²) >= 11 is -3.18. The summed E-state index contributed by atoms with van der Waals surface area (Å²) in [5, 5.41) is 0. The number of nitrogen functional groups attached to an aromatic ring is 1. The molecule has 1 aromatic carbocycles. The van der Waals surface area contributed by atoms with E-state index in [4.69, 9.17) is 9.83 Å². The first kappa shape index (κ1) is 8.44. The molecule has 0 bridgehead atoms.